The fraction of sp³-hybridized carbons (Fsp3) is 0.450. The van der Waals surface area contributed by atoms with Crippen LogP contribution in [0.25, 0.3) is 22.1 Å². The molecule has 7 nitrogen and oxygen atoms in total. The molecule has 1 N–H and O–H groups in total. The first-order chi connectivity index (χ1) is 13.2. The summed E-state index contributed by atoms with van der Waals surface area (Å²) in [4.78, 5) is 26.2. The molecular formula is C20H24ClN5O2. The van der Waals surface area contributed by atoms with Gasteiger partial charge in [0.2, 0.25) is 11.9 Å². The van der Waals surface area contributed by atoms with Crippen molar-refractivity contribution in [2.45, 2.75) is 20.8 Å². The zero-order valence-electron chi connectivity index (χ0n) is 16.5. The zero-order valence-corrected chi connectivity index (χ0v) is 17.3. The van der Waals surface area contributed by atoms with E-state index in [0.29, 0.717) is 27.5 Å². The van der Waals surface area contributed by atoms with Crippen molar-refractivity contribution in [1.29, 1.82) is 0 Å². The first-order valence-electron chi connectivity index (χ1n) is 9.37. The maximum absolute atomic E-state index is 12.5. The second kappa shape index (κ2) is 6.90. The normalized spacial score (nSPS) is 16.1. The Morgan fingerprint density at radius 2 is 1.89 bits per heavy atom. The van der Waals surface area contributed by atoms with Crippen molar-refractivity contribution in [3.63, 3.8) is 0 Å². The molecule has 2 aromatic heterocycles. The Hall–Kier alpha value is -2.38. The minimum absolute atomic E-state index is 0.137. The molecule has 148 valence electrons. The van der Waals surface area contributed by atoms with Crippen LogP contribution >= 0.6 is 11.6 Å². The molecule has 1 aliphatic rings. The Labute approximate surface area is 168 Å². The van der Waals surface area contributed by atoms with Crippen LogP contribution in [0.3, 0.4) is 0 Å². The molecule has 28 heavy (non-hydrogen) atoms. The fourth-order valence-corrected chi connectivity index (χ4v) is 3.35. The van der Waals surface area contributed by atoms with E-state index in [2.05, 4.69) is 32.1 Å². The summed E-state index contributed by atoms with van der Waals surface area (Å²) in [6.45, 7) is 9.09. The largest absolute Gasteiger partial charge is 0.450 e. The van der Waals surface area contributed by atoms with Crippen LogP contribution in [-0.2, 0) is 4.79 Å². The first kappa shape index (κ1) is 19.0. The lowest BCUT2D eigenvalue weighted by Crippen LogP contribution is -2.45. The second-order valence-electron chi connectivity index (χ2n) is 8.29. The summed E-state index contributed by atoms with van der Waals surface area (Å²) in [6.07, 6.45) is 0. The number of rotatable bonds is 2. The van der Waals surface area contributed by atoms with Crippen molar-refractivity contribution in [3.05, 3.63) is 23.2 Å². The molecule has 4 rings (SSSR count). The van der Waals surface area contributed by atoms with Gasteiger partial charge < -0.3 is 14.2 Å². The molecule has 0 radical (unpaired) electrons. The fourth-order valence-electron chi connectivity index (χ4n) is 3.18. The Morgan fingerprint density at radius 1 is 1.18 bits per heavy atom. The van der Waals surface area contributed by atoms with Gasteiger partial charge in [0.1, 0.15) is 11.1 Å². The number of anilines is 2. The van der Waals surface area contributed by atoms with Crippen molar-refractivity contribution in [3.8, 4) is 0 Å². The van der Waals surface area contributed by atoms with Crippen LogP contribution in [0.5, 0.6) is 0 Å². The van der Waals surface area contributed by atoms with Gasteiger partial charge in [-0.15, -0.1) is 0 Å². The lowest BCUT2D eigenvalue weighted by Gasteiger charge is -2.33. The third-order valence-electron chi connectivity index (χ3n) is 4.97. The van der Waals surface area contributed by atoms with Crippen molar-refractivity contribution in [2.24, 2.45) is 5.41 Å². The van der Waals surface area contributed by atoms with Gasteiger partial charge in [0.25, 0.3) is 0 Å². The highest BCUT2D eigenvalue weighted by atomic mass is 35.5. The molecule has 0 bridgehead atoms. The SMILES string of the molecule is CN1CCN(c2nc(NC(=O)C(C)(C)C)nc3c2oc2ccc(Cl)cc23)CC1. The predicted octanol–water partition coefficient (Wildman–Crippen LogP) is 3.77. The molecule has 3 aromatic rings. The van der Waals surface area contributed by atoms with Gasteiger partial charge in [0.15, 0.2) is 11.4 Å². The first-order valence-corrected chi connectivity index (χ1v) is 9.75. The maximum atomic E-state index is 12.5. The van der Waals surface area contributed by atoms with Crippen molar-refractivity contribution < 1.29 is 9.21 Å². The topological polar surface area (TPSA) is 74.5 Å². The highest BCUT2D eigenvalue weighted by Crippen LogP contribution is 2.35. The lowest BCUT2D eigenvalue weighted by atomic mass is 9.96. The molecule has 0 unspecified atom stereocenters. The molecule has 1 fully saturated rings. The number of piperazine rings is 1. The smallest absolute Gasteiger partial charge is 0.232 e. The average molecular weight is 402 g/mol. The van der Waals surface area contributed by atoms with Crippen LogP contribution in [-0.4, -0.2) is 54.0 Å². The molecule has 1 aromatic carbocycles. The second-order valence-corrected chi connectivity index (χ2v) is 8.72. The minimum Gasteiger partial charge on any atom is -0.450 e. The van der Waals surface area contributed by atoms with Crippen molar-refractivity contribution in [2.75, 3.05) is 43.4 Å². The maximum Gasteiger partial charge on any atom is 0.232 e. The van der Waals surface area contributed by atoms with Gasteiger partial charge in [0.05, 0.1) is 0 Å². The third-order valence-corrected chi connectivity index (χ3v) is 5.20. The van der Waals surface area contributed by atoms with Crippen LogP contribution in [0.15, 0.2) is 22.6 Å². The number of aromatic nitrogens is 2. The summed E-state index contributed by atoms with van der Waals surface area (Å²) in [5.41, 5.74) is 1.43. The van der Waals surface area contributed by atoms with E-state index in [4.69, 9.17) is 16.0 Å². The van der Waals surface area contributed by atoms with Gasteiger partial charge in [-0.25, -0.2) is 4.98 Å². The Morgan fingerprint density at radius 3 is 2.57 bits per heavy atom. The molecule has 1 saturated heterocycles. The van der Waals surface area contributed by atoms with E-state index in [1.165, 1.54) is 0 Å². The summed E-state index contributed by atoms with van der Waals surface area (Å²) in [6, 6.07) is 5.46. The number of fused-ring (bicyclic) bond motifs is 3. The van der Waals surface area contributed by atoms with E-state index in [1.54, 1.807) is 6.07 Å². The molecule has 0 spiro atoms. The molecule has 1 aliphatic heterocycles. The number of benzene rings is 1. The molecule has 3 heterocycles. The molecule has 1 amide bonds. The highest BCUT2D eigenvalue weighted by Gasteiger charge is 2.26. The zero-order chi connectivity index (χ0) is 20.1. The summed E-state index contributed by atoms with van der Waals surface area (Å²) in [5, 5.41) is 4.28. The summed E-state index contributed by atoms with van der Waals surface area (Å²) in [7, 11) is 2.10. The van der Waals surface area contributed by atoms with E-state index in [-0.39, 0.29) is 11.9 Å². The van der Waals surface area contributed by atoms with Crippen LogP contribution < -0.4 is 10.2 Å². The third kappa shape index (κ3) is 3.52. The predicted molar refractivity (Wildman–Crippen MR) is 112 cm³/mol. The average Bonchev–Trinajstić information content (AvgIpc) is 2.99. The number of nitrogens with zero attached hydrogens (tertiary/aromatic N) is 4. The van der Waals surface area contributed by atoms with E-state index in [1.807, 2.05) is 32.9 Å². The van der Waals surface area contributed by atoms with Gasteiger partial charge in [-0.2, -0.15) is 4.98 Å². The van der Waals surface area contributed by atoms with Gasteiger partial charge >= 0.3 is 0 Å². The molecule has 0 aliphatic carbocycles. The highest BCUT2D eigenvalue weighted by molar-refractivity contribution is 6.31. The monoisotopic (exact) mass is 401 g/mol. The molecular weight excluding hydrogens is 378 g/mol. The Bertz CT molecular complexity index is 1050. The molecule has 0 atom stereocenters. The number of nitrogens with one attached hydrogen (secondary N) is 1. The summed E-state index contributed by atoms with van der Waals surface area (Å²) < 4.78 is 6.09. The van der Waals surface area contributed by atoms with E-state index < -0.39 is 5.41 Å². The number of amides is 1. The van der Waals surface area contributed by atoms with Crippen LogP contribution in [0.4, 0.5) is 11.8 Å². The van der Waals surface area contributed by atoms with Gasteiger partial charge in [-0.05, 0) is 25.2 Å². The minimum atomic E-state index is -0.548. The number of carbonyl (C=O) groups is 1. The van der Waals surface area contributed by atoms with Crippen LogP contribution in [0.2, 0.25) is 5.02 Å². The summed E-state index contributed by atoms with van der Waals surface area (Å²) in [5.74, 6) is 0.848. The number of hydrogen-bond acceptors (Lipinski definition) is 6. The summed E-state index contributed by atoms with van der Waals surface area (Å²) >= 11 is 6.19. The number of halogens is 1. The quantitative estimate of drug-likeness (QED) is 0.704. The van der Waals surface area contributed by atoms with Crippen molar-refractivity contribution >= 4 is 51.3 Å². The number of hydrogen-bond donors (Lipinski definition) is 1. The van der Waals surface area contributed by atoms with E-state index in [0.717, 1.165) is 31.6 Å². The van der Waals surface area contributed by atoms with Crippen molar-refractivity contribution in [1.82, 2.24) is 14.9 Å². The Balaban J connectivity index is 1.87. The van der Waals surface area contributed by atoms with Gasteiger partial charge in [-0.1, -0.05) is 32.4 Å². The molecule has 8 heteroatoms. The number of furan rings is 1. The molecule has 0 saturated carbocycles. The van der Waals surface area contributed by atoms with Crippen LogP contribution in [0.1, 0.15) is 20.8 Å². The number of carbonyl (C=O) groups excluding carboxylic acids is 1. The van der Waals surface area contributed by atoms with Gasteiger partial charge in [-0.3, -0.25) is 10.1 Å². The van der Waals surface area contributed by atoms with Crippen LogP contribution in [0, 0.1) is 5.41 Å². The Kier molecular flexibility index (Phi) is 4.67. The van der Waals surface area contributed by atoms with E-state index >= 15 is 0 Å². The van der Waals surface area contributed by atoms with Gasteiger partial charge in [0, 0.05) is 42.0 Å². The lowest BCUT2D eigenvalue weighted by molar-refractivity contribution is -0.123. The van der Waals surface area contributed by atoms with E-state index in [9.17, 15) is 4.79 Å². The standard InChI is InChI=1S/C20H24ClN5O2/c1-20(2,3)18(27)24-19-22-15-13-11-12(21)5-6-14(13)28-16(15)17(23-19)26-9-7-25(4)8-10-26/h5-6,11H,7-10H2,1-4H3,(H,22,23,24,27). The number of likely N-dealkylation sites (N-methyl/N-ethyl adjacent to an activating group) is 1.